The van der Waals surface area contributed by atoms with Gasteiger partial charge in [-0.05, 0) is 50.0 Å². The molecule has 0 aliphatic carbocycles. The zero-order valence-corrected chi connectivity index (χ0v) is 24.9. The molecule has 206 valence electrons. The van der Waals surface area contributed by atoms with Gasteiger partial charge in [-0.2, -0.15) is 0 Å². The molecule has 0 amide bonds. The molecule has 2 unspecified atom stereocenters. The summed E-state index contributed by atoms with van der Waals surface area (Å²) in [7, 11) is -1.18. The zero-order chi connectivity index (χ0) is 27.1. The molecule has 2 aliphatic heterocycles. The molecule has 2 aliphatic rings. The largest absolute Gasteiger partial charge is 0.511 e. The molecule has 2 N–H and O–H groups in total. The summed E-state index contributed by atoms with van der Waals surface area (Å²) in [5.41, 5.74) is 1.79. The van der Waals surface area contributed by atoms with Crippen LogP contribution >= 0.6 is 11.6 Å². The van der Waals surface area contributed by atoms with Gasteiger partial charge in [0.05, 0.1) is 6.54 Å². The Morgan fingerprint density at radius 3 is 2.28 bits per heavy atom. The third kappa shape index (κ3) is 11.3. The normalized spacial score (nSPS) is 21.0. The fraction of sp³-hybridized carbons (Fsp3) is 0.643. The summed E-state index contributed by atoms with van der Waals surface area (Å²) >= 11 is 6.01. The van der Waals surface area contributed by atoms with E-state index in [4.69, 9.17) is 11.6 Å². The Kier molecular flexibility index (Phi) is 16.3. The molecule has 8 heteroatoms. The van der Waals surface area contributed by atoms with Crippen molar-refractivity contribution in [2.24, 2.45) is 0 Å². The first-order chi connectivity index (χ1) is 17.3. The highest BCUT2D eigenvalue weighted by atomic mass is 35.5. The monoisotopic (exact) mass is 540 g/mol. The van der Waals surface area contributed by atoms with Gasteiger partial charge in [0, 0.05) is 61.3 Å². The molecule has 1 aromatic carbocycles. The SMILES string of the molecule is C=C(/C=C(/O)CN1CCN(C2CCN(Cc3ccc(Cl)cc3)CC2)C(CC)C1)NS(C)=O.CC.CC. The van der Waals surface area contributed by atoms with Gasteiger partial charge < -0.3 is 9.83 Å². The summed E-state index contributed by atoms with van der Waals surface area (Å²) in [5.74, 6) is 0.256. The highest BCUT2D eigenvalue weighted by Gasteiger charge is 2.33. The summed E-state index contributed by atoms with van der Waals surface area (Å²) in [5, 5.41) is 11.1. The number of piperidine rings is 1. The van der Waals surface area contributed by atoms with E-state index in [9.17, 15) is 9.32 Å². The van der Waals surface area contributed by atoms with Gasteiger partial charge >= 0.3 is 0 Å². The highest BCUT2D eigenvalue weighted by Crippen LogP contribution is 2.24. The maximum Gasteiger partial charge on any atom is 0.113 e. The summed E-state index contributed by atoms with van der Waals surface area (Å²) in [4.78, 5) is 7.56. The fourth-order valence-electron chi connectivity index (χ4n) is 4.87. The average molecular weight is 541 g/mol. The van der Waals surface area contributed by atoms with Crippen molar-refractivity contribution < 1.29 is 9.32 Å². The van der Waals surface area contributed by atoms with Crippen molar-refractivity contribution in [3.63, 3.8) is 0 Å². The van der Waals surface area contributed by atoms with Crippen LogP contribution in [0.15, 0.2) is 48.4 Å². The number of rotatable bonds is 9. The van der Waals surface area contributed by atoms with Gasteiger partial charge in [0.2, 0.25) is 0 Å². The second-order valence-corrected chi connectivity index (χ2v) is 10.4. The lowest BCUT2D eigenvalue weighted by Gasteiger charge is -2.47. The molecule has 0 spiro atoms. The number of benzene rings is 1. The number of nitrogens with one attached hydrogen (secondary N) is 1. The van der Waals surface area contributed by atoms with Crippen molar-refractivity contribution in [1.29, 1.82) is 0 Å². The van der Waals surface area contributed by atoms with E-state index in [1.54, 1.807) is 12.3 Å². The molecule has 2 atom stereocenters. The van der Waals surface area contributed by atoms with Crippen LogP contribution in [0.1, 0.15) is 59.4 Å². The molecule has 2 fully saturated rings. The maximum absolute atomic E-state index is 11.2. The fourth-order valence-corrected chi connectivity index (χ4v) is 5.42. The van der Waals surface area contributed by atoms with E-state index in [1.807, 2.05) is 39.8 Å². The number of halogens is 1. The van der Waals surface area contributed by atoms with Gasteiger partial charge in [-0.3, -0.25) is 14.7 Å². The van der Waals surface area contributed by atoms with Gasteiger partial charge in [-0.1, -0.05) is 64.9 Å². The maximum atomic E-state index is 11.2. The predicted molar refractivity (Wildman–Crippen MR) is 157 cm³/mol. The van der Waals surface area contributed by atoms with Crippen molar-refractivity contribution in [3.05, 3.63) is 59.0 Å². The van der Waals surface area contributed by atoms with E-state index in [-0.39, 0.29) is 5.76 Å². The van der Waals surface area contributed by atoms with Crippen LogP contribution in [0.4, 0.5) is 0 Å². The van der Waals surface area contributed by atoms with Crippen molar-refractivity contribution in [1.82, 2.24) is 19.4 Å². The second kappa shape index (κ2) is 18.0. The highest BCUT2D eigenvalue weighted by molar-refractivity contribution is 7.82. The van der Waals surface area contributed by atoms with E-state index in [1.165, 1.54) is 18.4 Å². The standard InChI is InChI=1S/C24H37ClN4O2S.2C2H6/c1-4-22-17-28(18-24(30)15-19(2)26-32(3)31)13-14-29(22)23-9-11-27(12-10-23)16-20-5-7-21(25)8-6-20;2*1-2/h5-8,15,22-23,26,30H,2,4,9-14,16-18H2,1,3H3;2*1-2H3/b24-15+;;. The van der Waals surface area contributed by atoms with Crippen molar-refractivity contribution in [2.75, 3.05) is 45.5 Å². The van der Waals surface area contributed by atoms with Crippen LogP contribution in [0.5, 0.6) is 0 Å². The lowest BCUT2D eigenvalue weighted by atomic mass is 9.98. The summed E-state index contributed by atoms with van der Waals surface area (Å²) < 4.78 is 13.9. The number of aliphatic hydroxyl groups excluding tert-OH is 1. The Hall–Kier alpha value is -1.38. The van der Waals surface area contributed by atoms with Crippen molar-refractivity contribution >= 4 is 22.6 Å². The quantitative estimate of drug-likeness (QED) is 0.316. The van der Waals surface area contributed by atoms with E-state index in [0.29, 0.717) is 24.3 Å². The average Bonchev–Trinajstić information content (AvgIpc) is 2.87. The molecule has 0 radical (unpaired) electrons. The third-order valence-electron chi connectivity index (χ3n) is 6.43. The van der Waals surface area contributed by atoms with Crippen LogP contribution in [-0.2, 0) is 17.5 Å². The van der Waals surface area contributed by atoms with Crippen molar-refractivity contribution in [3.8, 4) is 0 Å². The first kappa shape index (κ1) is 32.6. The molecule has 0 aromatic heterocycles. The number of allylic oxidation sites excluding steroid dienone is 1. The van der Waals surface area contributed by atoms with Crippen LogP contribution in [0, 0.1) is 0 Å². The van der Waals surface area contributed by atoms with Crippen LogP contribution in [-0.4, -0.2) is 81.6 Å². The van der Waals surface area contributed by atoms with E-state index in [2.05, 4.69) is 45.1 Å². The molecular weight excluding hydrogens is 492 g/mol. The second-order valence-electron chi connectivity index (χ2n) is 8.89. The number of hydrogen-bond acceptors (Lipinski definition) is 5. The molecule has 0 saturated carbocycles. The molecule has 2 heterocycles. The lowest BCUT2D eigenvalue weighted by Crippen LogP contribution is -2.58. The van der Waals surface area contributed by atoms with E-state index < -0.39 is 11.0 Å². The lowest BCUT2D eigenvalue weighted by molar-refractivity contribution is 0.0127. The zero-order valence-electron chi connectivity index (χ0n) is 23.3. The molecular formula is C28H49ClN4O2S. The van der Waals surface area contributed by atoms with E-state index in [0.717, 1.165) is 50.7 Å². The summed E-state index contributed by atoms with van der Waals surface area (Å²) in [6.07, 6.45) is 6.63. The Balaban J connectivity index is 0.00000154. The number of hydrogen-bond donors (Lipinski definition) is 2. The van der Waals surface area contributed by atoms with Crippen molar-refractivity contribution in [2.45, 2.75) is 72.5 Å². The topological polar surface area (TPSA) is 59.1 Å². The van der Waals surface area contributed by atoms with Gasteiger partial charge in [0.15, 0.2) is 0 Å². The minimum atomic E-state index is -1.18. The number of likely N-dealkylation sites (tertiary alicyclic amines) is 1. The molecule has 36 heavy (non-hydrogen) atoms. The van der Waals surface area contributed by atoms with Gasteiger partial charge in [-0.15, -0.1) is 0 Å². The third-order valence-corrected chi connectivity index (χ3v) is 7.23. The first-order valence-corrected chi connectivity index (χ1v) is 15.4. The number of aliphatic hydroxyl groups is 1. The Labute approximate surface area is 228 Å². The van der Waals surface area contributed by atoms with Crippen LogP contribution in [0.2, 0.25) is 5.02 Å². The van der Waals surface area contributed by atoms with Crippen LogP contribution in [0.3, 0.4) is 0 Å². The Morgan fingerprint density at radius 2 is 1.72 bits per heavy atom. The van der Waals surface area contributed by atoms with Gasteiger partial charge in [0.25, 0.3) is 0 Å². The molecule has 6 nitrogen and oxygen atoms in total. The first-order valence-electron chi connectivity index (χ1n) is 13.5. The van der Waals surface area contributed by atoms with Gasteiger partial charge in [-0.25, -0.2) is 4.21 Å². The van der Waals surface area contributed by atoms with Crippen LogP contribution in [0.25, 0.3) is 0 Å². The van der Waals surface area contributed by atoms with E-state index >= 15 is 0 Å². The molecule has 1 aromatic rings. The minimum absolute atomic E-state index is 0.256. The number of nitrogens with zero attached hydrogens (tertiary/aromatic N) is 3. The Bertz CT molecular complexity index is 810. The molecule has 0 bridgehead atoms. The summed E-state index contributed by atoms with van der Waals surface area (Å²) in [6.45, 7) is 20.7. The van der Waals surface area contributed by atoms with Crippen LogP contribution < -0.4 is 4.72 Å². The summed E-state index contributed by atoms with van der Waals surface area (Å²) in [6, 6.07) is 9.33. The minimum Gasteiger partial charge on any atom is -0.511 e. The smallest absolute Gasteiger partial charge is 0.113 e. The molecule has 3 rings (SSSR count). The number of piperazine rings is 1. The predicted octanol–water partition coefficient (Wildman–Crippen LogP) is 5.59. The Morgan fingerprint density at radius 1 is 1.11 bits per heavy atom. The van der Waals surface area contributed by atoms with Gasteiger partial charge in [0.1, 0.15) is 16.7 Å². The molecule has 2 saturated heterocycles.